The fourth-order valence-electron chi connectivity index (χ4n) is 1.64. The van der Waals surface area contributed by atoms with Crippen LogP contribution in [0.3, 0.4) is 0 Å². The standard InChI is InChI=1S/C12H12N4O3/c1-8-2-3-11(16(18)19)10(6-8)12(17)13-7-9-4-5-14-15-9/h2-6H,7H2,1H3,(H,13,17)(H,14,15). The van der Waals surface area contributed by atoms with Gasteiger partial charge in [0, 0.05) is 12.3 Å². The molecule has 0 spiro atoms. The molecule has 2 rings (SSSR count). The van der Waals surface area contributed by atoms with Crippen molar-refractivity contribution in [3.63, 3.8) is 0 Å². The first kappa shape index (κ1) is 12.7. The average molecular weight is 260 g/mol. The number of nitrogens with one attached hydrogen (secondary N) is 2. The molecule has 0 unspecified atom stereocenters. The van der Waals surface area contributed by atoms with E-state index in [2.05, 4.69) is 15.5 Å². The van der Waals surface area contributed by atoms with Crippen molar-refractivity contribution in [2.24, 2.45) is 0 Å². The maximum absolute atomic E-state index is 12.0. The summed E-state index contributed by atoms with van der Waals surface area (Å²) < 4.78 is 0. The molecule has 0 saturated carbocycles. The van der Waals surface area contributed by atoms with Crippen molar-refractivity contribution in [2.75, 3.05) is 0 Å². The highest BCUT2D eigenvalue weighted by Crippen LogP contribution is 2.19. The van der Waals surface area contributed by atoms with Gasteiger partial charge in [0.05, 0.1) is 17.2 Å². The Bertz CT molecular complexity index is 607. The molecule has 2 N–H and O–H groups in total. The molecular weight excluding hydrogens is 248 g/mol. The number of hydrogen-bond donors (Lipinski definition) is 2. The molecule has 0 aliphatic heterocycles. The number of carbonyl (C=O) groups is 1. The van der Waals surface area contributed by atoms with E-state index in [1.807, 2.05) is 0 Å². The van der Waals surface area contributed by atoms with Crippen molar-refractivity contribution < 1.29 is 9.72 Å². The van der Waals surface area contributed by atoms with Crippen LogP contribution in [0.4, 0.5) is 5.69 Å². The molecule has 0 aliphatic rings. The van der Waals surface area contributed by atoms with E-state index in [9.17, 15) is 14.9 Å². The molecule has 19 heavy (non-hydrogen) atoms. The SMILES string of the molecule is Cc1ccc([N+](=O)[O-])c(C(=O)NCc2ccn[nH]2)c1. The number of H-pyrrole nitrogens is 1. The van der Waals surface area contributed by atoms with Gasteiger partial charge < -0.3 is 5.32 Å². The first-order valence-electron chi connectivity index (χ1n) is 5.59. The summed E-state index contributed by atoms with van der Waals surface area (Å²) in [7, 11) is 0. The van der Waals surface area contributed by atoms with Gasteiger partial charge >= 0.3 is 0 Å². The molecule has 1 amide bonds. The second-order valence-corrected chi connectivity index (χ2v) is 4.04. The number of aryl methyl sites for hydroxylation is 1. The summed E-state index contributed by atoms with van der Waals surface area (Å²) in [6.07, 6.45) is 1.57. The van der Waals surface area contributed by atoms with Gasteiger partial charge in [0.25, 0.3) is 11.6 Å². The van der Waals surface area contributed by atoms with Crippen molar-refractivity contribution in [1.29, 1.82) is 0 Å². The van der Waals surface area contributed by atoms with Gasteiger partial charge in [-0.2, -0.15) is 5.10 Å². The van der Waals surface area contributed by atoms with E-state index in [-0.39, 0.29) is 17.8 Å². The van der Waals surface area contributed by atoms with Gasteiger partial charge in [-0.3, -0.25) is 20.0 Å². The molecule has 0 atom stereocenters. The van der Waals surface area contributed by atoms with Crippen LogP contribution >= 0.6 is 0 Å². The molecule has 2 aromatic rings. The van der Waals surface area contributed by atoms with Crippen LogP contribution in [0.25, 0.3) is 0 Å². The summed E-state index contributed by atoms with van der Waals surface area (Å²) in [5.74, 6) is -0.481. The summed E-state index contributed by atoms with van der Waals surface area (Å²) in [6, 6.07) is 6.15. The quantitative estimate of drug-likeness (QED) is 0.643. The van der Waals surface area contributed by atoms with E-state index >= 15 is 0 Å². The predicted octanol–water partition coefficient (Wildman–Crippen LogP) is 1.56. The fraction of sp³-hybridized carbons (Fsp3) is 0.167. The minimum Gasteiger partial charge on any atom is -0.346 e. The molecule has 1 aromatic carbocycles. The van der Waals surface area contributed by atoms with Crippen LogP contribution in [0.2, 0.25) is 0 Å². The third-order valence-electron chi connectivity index (χ3n) is 2.59. The number of aromatic nitrogens is 2. The summed E-state index contributed by atoms with van der Waals surface area (Å²) in [5.41, 5.74) is 1.37. The number of aromatic amines is 1. The van der Waals surface area contributed by atoms with Crippen LogP contribution in [0, 0.1) is 17.0 Å². The number of amides is 1. The highest BCUT2D eigenvalue weighted by molar-refractivity contribution is 5.98. The van der Waals surface area contributed by atoms with Crippen molar-refractivity contribution in [2.45, 2.75) is 13.5 Å². The van der Waals surface area contributed by atoms with Gasteiger partial charge in [0.2, 0.25) is 0 Å². The number of rotatable bonds is 4. The van der Waals surface area contributed by atoms with Crippen LogP contribution in [0.1, 0.15) is 21.6 Å². The number of nitro groups is 1. The fourth-order valence-corrected chi connectivity index (χ4v) is 1.64. The van der Waals surface area contributed by atoms with Crippen LogP contribution in [-0.4, -0.2) is 21.0 Å². The molecule has 7 heteroatoms. The lowest BCUT2D eigenvalue weighted by atomic mass is 10.1. The molecule has 0 bridgehead atoms. The Morgan fingerprint density at radius 1 is 1.47 bits per heavy atom. The molecular formula is C12H12N4O3. The molecule has 1 heterocycles. The summed E-state index contributed by atoms with van der Waals surface area (Å²) in [6.45, 7) is 2.01. The number of carbonyl (C=O) groups excluding carboxylic acids is 1. The van der Waals surface area contributed by atoms with E-state index in [1.165, 1.54) is 12.1 Å². The Balaban J connectivity index is 2.18. The topological polar surface area (TPSA) is 101 Å². The van der Waals surface area contributed by atoms with Gasteiger partial charge in [0.15, 0.2) is 0 Å². The second-order valence-electron chi connectivity index (χ2n) is 4.04. The zero-order valence-corrected chi connectivity index (χ0v) is 10.2. The highest BCUT2D eigenvalue weighted by Gasteiger charge is 2.19. The number of benzene rings is 1. The van der Waals surface area contributed by atoms with Gasteiger partial charge in [-0.1, -0.05) is 6.07 Å². The van der Waals surface area contributed by atoms with E-state index in [0.717, 1.165) is 11.3 Å². The van der Waals surface area contributed by atoms with Gasteiger partial charge in [0.1, 0.15) is 5.56 Å². The van der Waals surface area contributed by atoms with Crippen molar-refractivity contribution in [3.05, 3.63) is 57.4 Å². The van der Waals surface area contributed by atoms with Crippen molar-refractivity contribution in [3.8, 4) is 0 Å². The normalized spacial score (nSPS) is 10.2. The lowest BCUT2D eigenvalue weighted by molar-refractivity contribution is -0.385. The van der Waals surface area contributed by atoms with Crippen LogP contribution in [-0.2, 0) is 6.54 Å². The number of nitrogens with zero attached hydrogens (tertiary/aromatic N) is 2. The number of hydrogen-bond acceptors (Lipinski definition) is 4. The second kappa shape index (κ2) is 5.30. The van der Waals surface area contributed by atoms with E-state index in [4.69, 9.17) is 0 Å². The Labute approximate surface area is 108 Å². The third-order valence-corrected chi connectivity index (χ3v) is 2.59. The first-order chi connectivity index (χ1) is 9.08. The lowest BCUT2D eigenvalue weighted by Crippen LogP contribution is -2.24. The van der Waals surface area contributed by atoms with Gasteiger partial charge in [-0.25, -0.2) is 0 Å². The third kappa shape index (κ3) is 2.95. The summed E-state index contributed by atoms with van der Waals surface area (Å²) in [4.78, 5) is 22.3. The molecule has 0 aliphatic carbocycles. The minimum absolute atomic E-state index is 0.0597. The first-order valence-corrected chi connectivity index (χ1v) is 5.59. The summed E-state index contributed by atoms with van der Waals surface area (Å²) in [5, 5.41) is 19.9. The van der Waals surface area contributed by atoms with E-state index < -0.39 is 10.8 Å². The zero-order chi connectivity index (χ0) is 13.8. The van der Waals surface area contributed by atoms with Crippen molar-refractivity contribution in [1.82, 2.24) is 15.5 Å². The van der Waals surface area contributed by atoms with Crippen LogP contribution in [0.5, 0.6) is 0 Å². The molecule has 7 nitrogen and oxygen atoms in total. The molecule has 1 aromatic heterocycles. The lowest BCUT2D eigenvalue weighted by Gasteiger charge is -2.05. The summed E-state index contributed by atoms with van der Waals surface area (Å²) >= 11 is 0. The number of nitro benzene ring substituents is 1. The predicted molar refractivity (Wildman–Crippen MR) is 67.6 cm³/mol. The Hall–Kier alpha value is -2.70. The maximum Gasteiger partial charge on any atom is 0.282 e. The molecule has 98 valence electrons. The monoisotopic (exact) mass is 260 g/mol. The average Bonchev–Trinajstić information content (AvgIpc) is 2.88. The Morgan fingerprint density at radius 3 is 2.89 bits per heavy atom. The van der Waals surface area contributed by atoms with E-state index in [0.29, 0.717) is 0 Å². The van der Waals surface area contributed by atoms with Crippen LogP contribution < -0.4 is 5.32 Å². The molecule has 0 saturated heterocycles. The zero-order valence-electron chi connectivity index (χ0n) is 10.2. The van der Waals surface area contributed by atoms with Gasteiger partial charge in [-0.15, -0.1) is 0 Å². The Kier molecular flexibility index (Phi) is 3.56. The molecule has 0 radical (unpaired) electrons. The molecule has 0 fully saturated rings. The largest absolute Gasteiger partial charge is 0.346 e. The van der Waals surface area contributed by atoms with Gasteiger partial charge in [-0.05, 0) is 24.6 Å². The smallest absolute Gasteiger partial charge is 0.282 e. The Morgan fingerprint density at radius 2 is 2.26 bits per heavy atom. The van der Waals surface area contributed by atoms with E-state index in [1.54, 1.807) is 25.3 Å². The van der Waals surface area contributed by atoms with Crippen molar-refractivity contribution >= 4 is 11.6 Å². The minimum atomic E-state index is -0.565. The maximum atomic E-state index is 12.0. The highest BCUT2D eigenvalue weighted by atomic mass is 16.6. The van der Waals surface area contributed by atoms with Crippen LogP contribution in [0.15, 0.2) is 30.5 Å².